The number of aromatic nitrogens is 2. The number of hydrogen-bond acceptors (Lipinski definition) is 6. The molecule has 2 heterocycles. The van der Waals surface area contributed by atoms with E-state index in [0.717, 1.165) is 5.82 Å². The number of anilines is 1. The second kappa shape index (κ2) is 9.42. The summed E-state index contributed by atoms with van der Waals surface area (Å²) >= 11 is 0. The Morgan fingerprint density at radius 1 is 0.968 bits per heavy atom. The zero-order chi connectivity index (χ0) is 21.6. The lowest BCUT2D eigenvalue weighted by atomic mass is 10.3. The molecule has 0 spiro atoms. The number of benzene rings is 2. The van der Waals surface area contributed by atoms with Crippen molar-refractivity contribution in [3.05, 3.63) is 72.3 Å². The van der Waals surface area contributed by atoms with Gasteiger partial charge in [-0.25, -0.2) is 9.37 Å². The summed E-state index contributed by atoms with van der Waals surface area (Å²) in [5.74, 6) is 2.62. The largest absolute Gasteiger partial charge is 0.484 e. The van der Waals surface area contributed by atoms with Gasteiger partial charge >= 0.3 is 0 Å². The number of amides is 1. The highest BCUT2D eigenvalue weighted by molar-refractivity contribution is 5.78. The van der Waals surface area contributed by atoms with Gasteiger partial charge in [-0.3, -0.25) is 4.79 Å². The summed E-state index contributed by atoms with van der Waals surface area (Å²) in [6.07, 6.45) is 0. The van der Waals surface area contributed by atoms with Crippen LogP contribution in [0.1, 0.15) is 5.82 Å². The average molecular weight is 422 g/mol. The standard InChI is InChI=1S/C23H23FN4O3/c1-17-25-21(15-22(26-17)31-20-5-3-2-4-6-20)27-11-13-28(14-12-27)23(29)16-30-19-9-7-18(24)8-10-19/h2-10,15H,11-14,16H2,1H3. The van der Waals surface area contributed by atoms with Crippen LogP contribution in [0, 0.1) is 12.7 Å². The first kappa shape index (κ1) is 20.6. The Morgan fingerprint density at radius 3 is 2.39 bits per heavy atom. The number of nitrogens with zero attached hydrogens (tertiary/aromatic N) is 4. The molecule has 1 fully saturated rings. The Bertz CT molecular complexity index is 1020. The molecule has 4 rings (SSSR count). The fourth-order valence-electron chi connectivity index (χ4n) is 3.30. The molecule has 0 radical (unpaired) electrons. The highest BCUT2D eigenvalue weighted by Crippen LogP contribution is 2.24. The first-order chi connectivity index (χ1) is 15.1. The maximum atomic E-state index is 13.0. The van der Waals surface area contributed by atoms with E-state index in [-0.39, 0.29) is 18.3 Å². The third-order valence-corrected chi connectivity index (χ3v) is 4.90. The Hall–Kier alpha value is -3.68. The predicted molar refractivity (Wildman–Crippen MR) is 114 cm³/mol. The predicted octanol–water partition coefficient (Wildman–Crippen LogP) is 3.44. The second-order valence-corrected chi connectivity index (χ2v) is 7.14. The molecule has 8 heteroatoms. The van der Waals surface area contributed by atoms with Gasteiger partial charge in [-0.15, -0.1) is 0 Å². The Morgan fingerprint density at radius 2 is 1.68 bits per heavy atom. The van der Waals surface area contributed by atoms with Crippen LogP contribution in [0.4, 0.5) is 10.2 Å². The first-order valence-corrected chi connectivity index (χ1v) is 10.1. The van der Waals surface area contributed by atoms with Crippen LogP contribution in [0.5, 0.6) is 17.4 Å². The van der Waals surface area contributed by atoms with E-state index in [0.29, 0.717) is 49.4 Å². The molecule has 0 atom stereocenters. The zero-order valence-electron chi connectivity index (χ0n) is 17.2. The number of hydrogen-bond donors (Lipinski definition) is 0. The molecule has 160 valence electrons. The lowest BCUT2D eigenvalue weighted by Crippen LogP contribution is -2.50. The van der Waals surface area contributed by atoms with Crippen LogP contribution < -0.4 is 14.4 Å². The van der Waals surface area contributed by atoms with Gasteiger partial charge in [0.2, 0.25) is 5.88 Å². The van der Waals surface area contributed by atoms with E-state index in [1.165, 1.54) is 24.3 Å². The summed E-state index contributed by atoms with van der Waals surface area (Å²) in [7, 11) is 0. The molecule has 7 nitrogen and oxygen atoms in total. The normalized spacial score (nSPS) is 13.7. The Labute approximate surface area is 180 Å². The quantitative estimate of drug-likeness (QED) is 0.606. The van der Waals surface area contributed by atoms with Crippen molar-refractivity contribution in [2.24, 2.45) is 0 Å². The molecule has 0 aliphatic carbocycles. The van der Waals surface area contributed by atoms with E-state index < -0.39 is 0 Å². The molecular formula is C23H23FN4O3. The van der Waals surface area contributed by atoms with Crippen LogP contribution in [0.3, 0.4) is 0 Å². The summed E-state index contributed by atoms with van der Waals surface area (Å²) < 4.78 is 24.3. The number of halogens is 1. The van der Waals surface area contributed by atoms with Crippen molar-refractivity contribution >= 4 is 11.7 Å². The van der Waals surface area contributed by atoms with Gasteiger partial charge < -0.3 is 19.3 Å². The minimum absolute atomic E-state index is 0.0761. The number of rotatable bonds is 6. The van der Waals surface area contributed by atoms with Gasteiger partial charge in [-0.1, -0.05) is 18.2 Å². The third-order valence-electron chi connectivity index (χ3n) is 4.90. The SMILES string of the molecule is Cc1nc(Oc2ccccc2)cc(N2CCN(C(=O)COc3ccc(F)cc3)CC2)n1. The summed E-state index contributed by atoms with van der Waals surface area (Å²) in [6.45, 7) is 4.15. The maximum absolute atomic E-state index is 13.0. The van der Waals surface area contributed by atoms with E-state index in [1.54, 1.807) is 4.90 Å². The van der Waals surface area contributed by atoms with E-state index >= 15 is 0 Å². The smallest absolute Gasteiger partial charge is 0.260 e. The molecule has 1 amide bonds. The van der Waals surface area contributed by atoms with Crippen molar-refractivity contribution in [1.82, 2.24) is 14.9 Å². The lowest BCUT2D eigenvalue weighted by molar-refractivity contribution is -0.133. The molecular weight excluding hydrogens is 399 g/mol. The number of aryl methyl sites for hydroxylation is 1. The van der Waals surface area contributed by atoms with Crippen LogP contribution in [-0.2, 0) is 4.79 Å². The second-order valence-electron chi connectivity index (χ2n) is 7.14. The highest BCUT2D eigenvalue weighted by Gasteiger charge is 2.23. The van der Waals surface area contributed by atoms with Gasteiger partial charge in [0.25, 0.3) is 5.91 Å². The molecule has 31 heavy (non-hydrogen) atoms. The van der Waals surface area contributed by atoms with Crippen LogP contribution in [0.15, 0.2) is 60.7 Å². The molecule has 3 aromatic rings. The first-order valence-electron chi connectivity index (χ1n) is 10.1. The number of carbonyl (C=O) groups excluding carboxylic acids is 1. The van der Waals surface area contributed by atoms with Gasteiger partial charge in [-0.05, 0) is 43.3 Å². The van der Waals surface area contributed by atoms with E-state index in [2.05, 4.69) is 14.9 Å². The van der Waals surface area contributed by atoms with Gasteiger partial charge in [0, 0.05) is 32.2 Å². The van der Waals surface area contributed by atoms with E-state index in [9.17, 15) is 9.18 Å². The van der Waals surface area contributed by atoms with Gasteiger partial charge in [-0.2, -0.15) is 4.98 Å². The van der Waals surface area contributed by atoms with Crippen molar-refractivity contribution in [3.63, 3.8) is 0 Å². The molecule has 1 aliphatic heterocycles. The van der Waals surface area contributed by atoms with Crippen molar-refractivity contribution in [2.45, 2.75) is 6.92 Å². The van der Waals surface area contributed by atoms with Crippen LogP contribution in [-0.4, -0.2) is 53.6 Å². The molecule has 0 unspecified atom stereocenters. The zero-order valence-corrected chi connectivity index (χ0v) is 17.2. The molecule has 0 bridgehead atoms. The minimum atomic E-state index is -0.341. The molecule has 1 aliphatic rings. The fourth-order valence-corrected chi connectivity index (χ4v) is 3.30. The highest BCUT2D eigenvalue weighted by atomic mass is 19.1. The molecule has 1 aromatic heterocycles. The summed E-state index contributed by atoms with van der Waals surface area (Å²) in [5, 5.41) is 0. The summed E-state index contributed by atoms with van der Waals surface area (Å²) in [5.41, 5.74) is 0. The van der Waals surface area contributed by atoms with Crippen LogP contribution in [0.2, 0.25) is 0 Å². The van der Waals surface area contributed by atoms with E-state index in [1.807, 2.05) is 43.3 Å². The Balaban J connectivity index is 1.32. The van der Waals surface area contributed by atoms with E-state index in [4.69, 9.17) is 9.47 Å². The minimum Gasteiger partial charge on any atom is -0.484 e. The van der Waals surface area contributed by atoms with Crippen molar-refractivity contribution in [2.75, 3.05) is 37.7 Å². The van der Waals surface area contributed by atoms with Crippen molar-refractivity contribution in [3.8, 4) is 17.4 Å². The lowest BCUT2D eigenvalue weighted by Gasteiger charge is -2.35. The summed E-state index contributed by atoms with van der Waals surface area (Å²) in [4.78, 5) is 25.2. The van der Waals surface area contributed by atoms with Gasteiger partial charge in [0.1, 0.15) is 29.0 Å². The molecule has 0 N–H and O–H groups in total. The Kier molecular flexibility index (Phi) is 6.26. The maximum Gasteiger partial charge on any atom is 0.260 e. The number of carbonyl (C=O) groups is 1. The van der Waals surface area contributed by atoms with Crippen LogP contribution >= 0.6 is 0 Å². The van der Waals surface area contributed by atoms with Crippen molar-refractivity contribution in [1.29, 1.82) is 0 Å². The number of piperazine rings is 1. The molecule has 2 aromatic carbocycles. The molecule has 0 saturated carbocycles. The number of ether oxygens (including phenoxy) is 2. The fraction of sp³-hybridized carbons (Fsp3) is 0.261. The monoisotopic (exact) mass is 422 g/mol. The van der Waals surface area contributed by atoms with Gasteiger partial charge in [0.05, 0.1) is 0 Å². The average Bonchev–Trinajstić information content (AvgIpc) is 2.79. The third kappa shape index (κ3) is 5.48. The molecule has 1 saturated heterocycles. The van der Waals surface area contributed by atoms with Crippen LogP contribution in [0.25, 0.3) is 0 Å². The number of para-hydroxylation sites is 1. The summed E-state index contributed by atoms with van der Waals surface area (Å²) in [6, 6.07) is 16.9. The topological polar surface area (TPSA) is 67.8 Å². The van der Waals surface area contributed by atoms with Crippen molar-refractivity contribution < 1.29 is 18.7 Å². The van der Waals surface area contributed by atoms with Gasteiger partial charge in [0.15, 0.2) is 6.61 Å².